The molecule has 0 unspecified atom stereocenters. The molecule has 4 rings (SSSR count). The molecule has 1 fully saturated rings. The fourth-order valence-electron chi connectivity index (χ4n) is 3.62. The maximum absolute atomic E-state index is 12.9. The molecule has 8 heteroatoms. The lowest BCUT2D eigenvalue weighted by Crippen LogP contribution is -2.39. The number of likely N-dealkylation sites (tertiary alicyclic amines) is 1. The standard InChI is InChI=1S/C17H21N7O/c1-11-10-12(2)24-15(20-21-17(24)19-11)16(25)23-7-4-13(5-8-23)14-18-6-9-22(14)3/h6,9-10,13H,4-5,7-8H2,1-3H3. The Labute approximate surface area is 145 Å². The number of rotatable bonds is 2. The number of piperidine rings is 1. The fourth-order valence-corrected chi connectivity index (χ4v) is 3.62. The van der Waals surface area contributed by atoms with E-state index in [-0.39, 0.29) is 5.91 Å². The van der Waals surface area contributed by atoms with E-state index in [2.05, 4.69) is 24.7 Å². The first kappa shape index (κ1) is 15.7. The van der Waals surface area contributed by atoms with E-state index in [0.29, 0.717) is 30.6 Å². The van der Waals surface area contributed by atoms with E-state index in [1.54, 1.807) is 4.40 Å². The van der Waals surface area contributed by atoms with Gasteiger partial charge in [0.2, 0.25) is 5.82 Å². The fraction of sp³-hybridized carbons (Fsp3) is 0.471. The van der Waals surface area contributed by atoms with Crippen molar-refractivity contribution >= 4 is 11.7 Å². The van der Waals surface area contributed by atoms with Crippen LogP contribution in [0.4, 0.5) is 0 Å². The van der Waals surface area contributed by atoms with Gasteiger partial charge in [0.15, 0.2) is 0 Å². The highest BCUT2D eigenvalue weighted by molar-refractivity contribution is 5.91. The number of aryl methyl sites for hydroxylation is 3. The lowest BCUT2D eigenvalue weighted by atomic mass is 9.96. The van der Waals surface area contributed by atoms with E-state index in [1.165, 1.54) is 0 Å². The third-order valence-electron chi connectivity index (χ3n) is 4.89. The maximum atomic E-state index is 12.9. The highest BCUT2D eigenvalue weighted by Crippen LogP contribution is 2.27. The van der Waals surface area contributed by atoms with Gasteiger partial charge in [-0.3, -0.25) is 9.20 Å². The Morgan fingerprint density at radius 1 is 1.20 bits per heavy atom. The van der Waals surface area contributed by atoms with Crippen molar-refractivity contribution in [1.29, 1.82) is 0 Å². The van der Waals surface area contributed by atoms with Crippen LogP contribution in [0.2, 0.25) is 0 Å². The minimum atomic E-state index is -0.0838. The quantitative estimate of drug-likeness (QED) is 0.707. The molecule has 1 saturated heterocycles. The Kier molecular flexibility index (Phi) is 3.74. The van der Waals surface area contributed by atoms with Crippen LogP contribution in [0.5, 0.6) is 0 Å². The summed E-state index contributed by atoms with van der Waals surface area (Å²) in [6.45, 7) is 5.24. The first-order valence-corrected chi connectivity index (χ1v) is 8.50. The van der Waals surface area contributed by atoms with Gasteiger partial charge in [-0.25, -0.2) is 9.97 Å². The van der Waals surface area contributed by atoms with E-state index in [0.717, 1.165) is 30.1 Å². The molecule has 0 aliphatic carbocycles. The number of imidazole rings is 1. The van der Waals surface area contributed by atoms with Gasteiger partial charge in [-0.05, 0) is 32.8 Å². The van der Waals surface area contributed by atoms with Crippen molar-refractivity contribution in [3.8, 4) is 0 Å². The lowest BCUT2D eigenvalue weighted by molar-refractivity contribution is 0.0696. The molecular formula is C17H21N7O. The van der Waals surface area contributed by atoms with E-state index in [4.69, 9.17) is 0 Å². The summed E-state index contributed by atoms with van der Waals surface area (Å²) in [5.74, 6) is 2.22. The molecule has 0 saturated carbocycles. The molecule has 0 atom stereocenters. The van der Waals surface area contributed by atoms with Gasteiger partial charge in [-0.1, -0.05) is 0 Å². The summed E-state index contributed by atoms with van der Waals surface area (Å²) in [5.41, 5.74) is 1.78. The molecule has 0 aromatic carbocycles. The average Bonchev–Trinajstić information content (AvgIpc) is 3.20. The smallest absolute Gasteiger partial charge is 0.292 e. The van der Waals surface area contributed by atoms with Gasteiger partial charge in [0.1, 0.15) is 5.82 Å². The van der Waals surface area contributed by atoms with Gasteiger partial charge in [0.25, 0.3) is 11.7 Å². The topological polar surface area (TPSA) is 81.2 Å². The zero-order valence-corrected chi connectivity index (χ0v) is 14.7. The number of fused-ring (bicyclic) bond motifs is 1. The number of carbonyl (C=O) groups excluding carboxylic acids is 1. The normalized spacial score (nSPS) is 15.9. The molecule has 1 amide bonds. The summed E-state index contributed by atoms with van der Waals surface area (Å²) >= 11 is 0. The van der Waals surface area contributed by atoms with Crippen LogP contribution in [0.1, 0.15) is 46.6 Å². The minimum absolute atomic E-state index is 0.0838. The van der Waals surface area contributed by atoms with Crippen LogP contribution in [0, 0.1) is 13.8 Å². The molecule has 0 bridgehead atoms. The molecule has 1 aliphatic rings. The molecule has 0 N–H and O–H groups in total. The molecule has 0 spiro atoms. The first-order valence-electron chi connectivity index (χ1n) is 8.50. The summed E-state index contributed by atoms with van der Waals surface area (Å²) < 4.78 is 3.80. The summed E-state index contributed by atoms with van der Waals surface area (Å²) in [5, 5.41) is 8.16. The molecule has 8 nitrogen and oxygen atoms in total. The Morgan fingerprint density at radius 2 is 1.96 bits per heavy atom. The summed E-state index contributed by atoms with van der Waals surface area (Å²) in [6.07, 6.45) is 5.60. The second-order valence-electron chi connectivity index (χ2n) is 6.66. The molecule has 3 aromatic rings. The molecule has 1 aliphatic heterocycles. The van der Waals surface area contributed by atoms with E-state index >= 15 is 0 Å². The van der Waals surface area contributed by atoms with Gasteiger partial charge >= 0.3 is 0 Å². The van der Waals surface area contributed by atoms with Crippen molar-refractivity contribution in [1.82, 2.24) is 34.0 Å². The molecule has 0 radical (unpaired) electrons. The van der Waals surface area contributed by atoms with Crippen molar-refractivity contribution in [2.75, 3.05) is 13.1 Å². The number of carbonyl (C=O) groups is 1. The highest BCUT2D eigenvalue weighted by Gasteiger charge is 2.29. The predicted octanol–water partition coefficient (Wildman–Crippen LogP) is 1.49. The zero-order valence-electron chi connectivity index (χ0n) is 14.7. The minimum Gasteiger partial charge on any atom is -0.338 e. The first-order chi connectivity index (χ1) is 12.0. The van der Waals surface area contributed by atoms with Gasteiger partial charge in [0.05, 0.1) is 0 Å². The van der Waals surface area contributed by atoms with Crippen LogP contribution < -0.4 is 0 Å². The van der Waals surface area contributed by atoms with E-state index in [1.807, 2.05) is 44.3 Å². The van der Waals surface area contributed by atoms with Crippen LogP contribution in [-0.2, 0) is 7.05 Å². The van der Waals surface area contributed by atoms with Crippen LogP contribution in [0.25, 0.3) is 5.78 Å². The molecule has 4 heterocycles. The third-order valence-corrected chi connectivity index (χ3v) is 4.89. The second kappa shape index (κ2) is 5.94. The van der Waals surface area contributed by atoms with Crippen molar-refractivity contribution in [2.45, 2.75) is 32.6 Å². The van der Waals surface area contributed by atoms with Gasteiger partial charge < -0.3 is 9.47 Å². The molecule has 130 valence electrons. The second-order valence-corrected chi connectivity index (χ2v) is 6.66. The van der Waals surface area contributed by atoms with Crippen molar-refractivity contribution in [3.05, 3.63) is 41.5 Å². The zero-order chi connectivity index (χ0) is 17.6. The monoisotopic (exact) mass is 339 g/mol. The van der Waals surface area contributed by atoms with Crippen LogP contribution in [-0.4, -0.2) is 53.0 Å². The van der Waals surface area contributed by atoms with Crippen LogP contribution in [0.15, 0.2) is 18.5 Å². The summed E-state index contributed by atoms with van der Waals surface area (Å²) in [7, 11) is 2.01. The van der Waals surface area contributed by atoms with Gasteiger partial charge in [0, 0.05) is 49.8 Å². The van der Waals surface area contributed by atoms with Crippen molar-refractivity contribution < 1.29 is 4.79 Å². The number of hydrogen-bond donors (Lipinski definition) is 0. The lowest BCUT2D eigenvalue weighted by Gasteiger charge is -2.31. The van der Waals surface area contributed by atoms with Crippen LogP contribution >= 0.6 is 0 Å². The summed E-state index contributed by atoms with van der Waals surface area (Å²) in [6, 6.07) is 1.93. The Hall–Kier alpha value is -2.77. The van der Waals surface area contributed by atoms with Crippen molar-refractivity contribution in [3.63, 3.8) is 0 Å². The van der Waals surface area contributed by atoms with E-state index in [9.17, 15) is 4.79 Å². The SMILES string of the molecule is Cc1cc(C)n2c(C(=O)N3CCC(c4nccn4C)CC3)nnc2n1. The Balaban J connectivity index is 1.54. The molecule has 3 aromatic heterocycles. The van der Waals surface area contributed by atoms with Crippen LogP contribution in [0.3, 0.4) is 0 Å². The molecule has 25 heavy (non-hydrogen) atoms. The Morgan fingerprint density at radius 3 is 2.64 bits per heavy atom. The number of hydrogen-bond acceptors (Lipinski definition) is 5. The number of amides is 1. The van der Waals surface area contributed by atoms with Gasteiger partial charge in [-0.2, -0.15) is 0 Å². The maximum Gasteiger partial charge on any atom is 0.292 e. The largest absolute Gasteiger partial charge is 0.338 e. The van der Waals surface area contributed by atoms with Gasteiger partial charge in [-0.15, -0.1) is 10.2 Å². The number of nitrogens with zero attached hydrogens (tertiary/aromatic N) is 7. The molecular weight excluding hydrogens is 318 g/mol. The summed E-state index contributed by atoms with van der Waals surface area (Å²) in [4.78, 5) is 23.6. The average molecular weight is 339 g/mol. The third kappa shape index (κ3) is 2.67. The van der Waals surface area contributed by atoms with Crippen molar-refractivity contribution in [2.24, 2.45) is 7.05 Å². The predicted molar refractivity (Wildman–Crippen MR) is 91.3 cm³/mol. The Bertz CT molecular complexity index is 934. The highest BCUT2D eigenvalue weighted by atomic mass is 16.2. The number of aromatic nitrogens is 6. The van der Waals surface area contributed by atoms with E-state index < -0.39 is 0 Å².